The first-order valence-corrected chi connectivity index (χ1v) is 7.34. The Balaban J connectivity index is 1.81. The average Bonchev–Trinajstić information content (AvgIpc) is 2.88. The second-order valence-electron chi connectivity index (χ2n) is 5.39. The van der Waals surface area contributed by atoms with Gasteiger partial charge in [0.15, 0.2) is 0 Å². The molecule has 0 aliphatic heterocycles. The number of methoxy groups -OCH3 is 1. The van der Waals surface area contributed by atoms with Gasteiger partial charge in [-0.15, -0.1) is 0 Å². The summed E-state index contributed by atoms with van der Waals surface area (Å²) in [6.07, 6.45) is 10.3. The molecule has 0 bridgehead atoms. The summed E-state index contributed by atoms with van der Waals surface area (Å²) in [5, 5.41) is 4.57. The van der Waals surface area contributed by atoms with E-state index in [2.05, 4.69) is 9.78 Å². The summed E-state index contributed by atoms with van der Waals surface area (Å²) in [7, 11) is 1.66. The second-order valence-corrected chi connectivity index (χ2v) is 5.39. The lowest BCUT2D eigenvalue weighted by molar-refractivity contribution is -0.118. The van der Waals surface area contributed by atoms with Crippen molar-refractivity contribution in [3.63, 3.8) is 0 Å². The van der Waals surface area contributed by atoms with Crippen LogP contribution < -0.4 is 0 Å². The summed E-state index contributed by atoms with van der Waals surface area (Å²) in [5.74, 6) is 0.256. The SMILES string of the molecule is COCCCC(=O)Cc1ccn(C2CCCCC2)n1. The van der Waals surface area contributed by atoms with Crippen molar-refractivity contribution in [2.24, 2.45) is 0 Å². The molecule has 0 atom stereocenters. The number of carbonyl (C=O) groups excluding carboxylic acids is 1. The van der Waals surface area contributed by atoms with Crippen molar-refractivity contribution in [3.05, 3.63) is 18.0 Å². The maximum atomic E-state index is 11.8. The summed E-state index contributed by atoms with van der Waals surface area (Å²) in [5.41, 5.74) is 0.910. The van der Waals surface area contributed by atoms with Gasteiger partial charge >= 0.3 is 0 Å². The van der Waals surface area contributed by atoms with Crippen LogP contribution in [0.2, 0.25) is 0 Å². The molecular weight excluding hydrogens is 240 g/mol. The van der Waals surface area contributed by atoms with Crippen molar-refractivity contribution in [2.75, 3.05) is 13.7 Å². The molecule has 4 heteroatoms. The molecule has 1 aromatic rings. The molecule has 0 unspecified atom stereocenters. The van der Waals surface area contributed by atoms with Crippen LogP contribution in [-0.4, -0.2) is 29.3 Å². The minimum atomic E-state index is 0.256. The van der Waals surface area contributed by atoms with Crippen LogP contribution >= 0.6 is 0 Å². The first kappa shape index (κ1) is 14.3. The van der Waals surface area contributed by atoms with Gasteiger partial charge in [-0.3, -0.25) is 9.48 Å². The fourth-order valence-electron chi connectivity index (χ4n) is 2.72. The number of nitrogens with zero attached hydrogens (tertiary/aromatic N) is 2. The molecule has 0 amide bonds. The van der Waals surface area contributed by atoms with E-state index >= 15 is 0 Å². The monoisotopic (exact) mass is 264 g/mol. The number of hydrogen-bond donors (Lipinski definition) is 0. The quantitative estimate of drug-likeness (QED) is 0.711. The molecule has 0 N–H and O–H groups in total. The Morgan fingerprint density at radius 1 is 1.42 bits per heavy atom. The van der Waals surface area contributed by atoms with Gasteiger partial charge in [0.2, 0.25) is 0 Å². The van der Waals surface area contributed by atoms with Gasteiger partial charge in [-0.05, 0) is 25.3 Å². The van der Waals surface area contributed by atoms with Gasteiger partial charge in [0.25, 0.3) is 0 Å². The number of aromatic nitrogens is 2. The van der Waals surface area contributed by atoms with Gasteiger partial charge in [0.05, 0.1) is 18.2 Å². The summed E-state index contributed by atoms with van der Waals surface area (Å²) < 4.78 is 7.02. The summed E-state index contributed by atoms with van der Waals surface area (Å²) >= 11 is 0. The van der Waals surface area contributed by atoms with E-state index in [4.69, 9.17) is 4.74 Å². The van der Waals surface area contributed by atoms with Crippen molar-refractivity contribution >= 4 is 5.78 Å². The van der Waals surface area contributed by atoms with E-state index in [0.717, 1.165) is 12.1 Å². The van der Waals surface area contributed by atoms with E-state index in [1.807, 2.05) is 12.3 Å². The molecule has 1 aromatic heterocycles. The predicted octanol–water partition coefficient (Wildman–Crippen LogP) is 2.93. The van der Waals surface area contributed by atoms with Gasteiger partial charge in [-0.2, -0.15) is 5.10 Å². The predicted molar refractivity (Wildman–Crippen MR) is 74.2 cm³/mol. The molecule has 1 aliphatic rings. The van der Waals surface area contributed by atoms with E-state index in [1.54, 1.807) is 7.11 Å². The molecule has 0 aromatic carbocycles. The zero-order valence-corrected chi connectivity index (χ0v) is 11.8. The first-order valence-electron chi connectivity index (χ1n) is 7.34. The second kappa shape index (κ2) is 7.43. The number of Topliss-reactive ketones (excluding diaryl/α,β-unsaturated/α-hetero) is 1. The molecule has 1 heterocycles. The van der Waals surface area contributed by atoms with Crippen molar-refractivity contribution in [2.45, 2.75) is 57.4 Å². The average molecular weight is 264 g/mol. The molecule has 0 saturated heterocycles. The first-order chi connectivity index (χ1) is 9.29. The third-order valence-corrected chi connectivity index (χ3v) is 3.79. The standard InChI is InChI=1S/C15H24N2O2/c1-19-11-5-8-15(18)12-13-9-10-17(16-13)14-6-3-2-4-7-14/h9-10,14H,2-8,11-12H2,1H3. The molecular formula is C15H24N2O2. The van der Waals surface area contributed by atoms with Crippen LogP contribution in [0.15, 0.2) is 12.3 Å². The molecule has 1 fully saturated rings. The minimum Gasteiger partial charge on any atom is -0.385 e. The van der Waals surface area contributed by atoms with Gasteiger partial charge in [-0.25, -0.2) is 0 Å². The largest absolute Gasteiger partial charge is 0.385 e. The van der Waals surface area contributed by atoms with Gasteiger partial charge in [-0.1, -0.05) is 19.3 Å². The van der Waals surface area contributed by atoms with E-state index in [0.29, 0.717) is 25.5 Å². The third-order valence-electron chi connectivity index (χ3n) is 3.79. The Morgan fingerprint density at radius 2 is 2.21 bits per heavy atom. The number of ketones is 1. The Bertz CT molecular complexity index is 395. The summed E-state index contributed by atoms with van der Waals surface area (Å²) in [6, 6.07) is 2.54. The van der Waals surface area contributed by atoms with Crippen LogP contribution in [0.4, 0.5) is 0 Å². The zero-order valence-electron chi connectivity index (χ0n) is 11.8. The maximum absolute atomic E-state index is 11.8. The van der Waals surface area contributed by atoms with Gasteiger partial charge in [0, 0.05) is 26.3 Å². The lowest BCUT2D eigenvalue weighted by atomic mass is 9.96. The molecule has 0 spiro atoms. The van der Waals surface area contributed by atoms with Crippen molar-refractivity contribution in [1.82, 2.24) is 9.78 Å². The molecule has 1 aliphatic carbocycles. The zero-order chi connectivity index (χ0) is 13.5. The van der Waals surface area contributed by atoms with Gasteiger partial charge in [0.1, 0.15) is 5.78 Å². The highest BCUT2D eigenvalue weighted by molar-refractivity contribution is 5.80. The smallest absolute Gasteiger partial charge is 0.139 e. The molecule has 0 radical (unpaired) electrons. The minimum absolute atomic E-state index is 0.256. The van der Waals surface area contributed by atoms with Crippen molar-refractivity contribution in [3.8, 4) is 0 Å². The molecule has 1 saturated carbocycles. The summed E-state index contributed by atoms with van der Waals surface area (Å²) in [6.45, 7) is 0.655. The lowest BCUT2D eigenvalue weighted by Gasteiger charge is -2.21. The highest BCUT2D eigenvalue weighted by Crippen LogP contribution is 2.27. The Hall–Kier alpha value is -1.16. The third kappa shape index (κ3) is 4.46. The van der Waals surface area contributed by atoms with Crippen molar-refractivity contribution < 1.29 is 9.53 Å². The van der Waals surface area contributed by atoms with Crippen LogP contribution in [0.3, 0.4) is 0 Å². The molecule has 4 nitrogen and oxygen atoms in total. The lowest BCUT2D eigenvalue weighted by Crippen LogP contribution is -2.14. The van der Waals surface area contributed by atoms with E-state index in [-0.39, 0.29) is 5.78 Å². The normalized spacial score (nSPS) is 16.7. The highest BCUT2D eigenvalue weighted by atomic mass is 16.5. The van der Waals surface area contributed by atoms with Crippen LogP contribution in [-0.2, 0) is 16.0 Å². The van der Waals surface area contributed by atoms with Crippen LogP contribution in [0.1, 0.15) is 56.7 Å². The Morgan fingerprint density at radius 3 is 2.95 bits per heavy atom. The molecule has 19 heavy (non-hydrogen) atoms. The molecule has 106 valence electrons. The number of carbonyl (C=O) groups is 1. The Labute approximate surface area is 115 Å². The number of rotatable bonds is 7. The fraction of sp³-hybridized carbons (Fsp3) is 0.733. The molecule has 2 rings (SSSR count). The number of ether oxygens (including phenoxy) is 1. The van der Waals surface area contributed by atoms with Crippen LogP contribution in [0, 0.1) is 0 Å². The topological polar surface area (TPSA) is 44.1 Å². The highest BCUT2D eigenvalue weighted by Gasteiger charge is 2.16. The van der Waals surface area contributed by atoms with Crippen molar-refractivity contribution in [1.29, 1.82) is 0 Å². The van der Waals surface area contributed by atoms with E-state index < -0.39 is 0 Å². The van der Waals surface area contributed by atoms with E-state index in [9.17, 15) is 4.79 Å². The van der Waals surface area contributed by atoms with E-state index in [1.165, 1.54) is 32.1 Å². The fourth-order valence-corrected chi connectivity index (χ4v) is 2.72. The summed E-state index contributed by atoms with van der Waals surface area (Å²) in [4.78, 5) is 11.8. The maximum Gasteiger partial charge on any atom is 0.139 e. The van der Waals surface area contributed by atoms with Crippen LogP contribution in [0.25, 0.3) is 0 Å². The number of hydrogen-bond acceptors (Lipinski definition) is 3. The van der Waals surface area contributed by atoms with Gasteiger partial charge < -0.3 is 4.74 Å². The Kier molecular flexibility index (Phi) is 5.58. The van der Waals surface area contributed by atoms with Crippen LogP contribution in [0.5, 0.6) is 0 Å².